The van der Waals surface area contributed by atoms with Crippen LogP contribution in [-0.4, -0.2) is 12.7 Å². The highest BCUT2D eigenvalue weighted by Gasteiger charge is 2.32. The van der Waals surface area contributed by atoms with Crippen LogP contribution < -0.4 is 11.3 Å². The Morgan fingerprint density at radius 2 is 2.00 bits per heavy atom. The second-order valence-electron chi connectivity index (χ2n) is 5.48. The van der Waals surface area contributed by atoms with E-state index >= 15 is 0 Å². The predicted molar refractivity (Wildman–Crippen MR) is 78.5 cm³/mol. The summed E-state index contributed by atoms with van der Waals surface area (Å²) in [6, 6.07) is 6.51. The van der Waals surface area contributed by atoms with Crippen molar-refractivity contribution >= 4 is 0 Å². The molecule has 3 nitrogen and oxygen atoms in total. The molecule has 112 valence electrons. The first-order valence-electron chi connectivity index (χ1n) is 7.60. The first kappa shape index (κ1) is 15.4. The van der Waals surface area contributed by atoms with E-state index in [-0.39, 0.29) is 18.0 Å². The molecule has 1 aliphatic carbocycles. The van der Waals surface area contributed by atoms with Crippen LogP contribution in [0.4, 0.5) is 4.39 Å². The highest BCUT2D eigenvalue weighted by Crippen LogP contribution is 2.34. The molecule has 1 aromatic rings. The third-order valence-electron chi connectivity index (χ3n) is 4.22. The van der Waals surface area contributed by atoms with Gasteiger partial charge in [-0.1, -0.05) is 37.5 Å². The highest BCUT2D eigenvalue weighted by molar-refractivity contribution is 5.22. The Morgan fingerprint density at radius 3 is 2.60 bits per heavy atom. The summed E-state index contributed by atoms with van der Waals surface area (Å²) < 4.78 is 20.0. The van der Waals surface area contributed by atoms with Gasteiger partial charge in [0.05, 0.1) is 12.1 Å². The SMILES string of the molecule is CCOC(C1CCCCC1)C(NN)c1ccccc1F. The molecule has 1 fully saturated rings. The Labute approximate surface area is 120 Å². The van der Waals surface area contributed by atoms with Crippen LogP contribution in [0.3, 0.4) is 0 Å². The van der Waals surface area contributed by atoms with Gasteiger partial charge in [-0.2, -0.15) is 0 Å². The number of rotatable bonds is 6. The molecule has 20 heavy (non-hydrogen) atoms. The van der Waals surface area contributed by atoms with E-state index < -0.39 is 0 Å². The van der Waals surface area contributed by atoms with E-state index in [0.29, 0.717) is 18.1 Å². The maximum Gasteiger partial charge on any atom is 0.128 e. The van der Waals surface area contributed by atoms with Gasteiger partial charge < -0.3 is 4.74 Å². The quantitative estimate of drug-likeness (QED) is 0.621. The van der Waals surface area contributed by atoms with Crippen molar-refractivity contribution in [2.45, 2.75) is 51.2 Å². The van der Waals surface area contributed by atoms with Crippen LogP contribution in [0.25, 0.3) is 0 Å². The summed E-state index contributed by atoms with van der Waals surface area (Å²) in [5.74, 6) is 5.94. The van der Waals surface area contributed by atoms with Gasteiger partial charge >= 0.3 is 0 Å². The number of nitrogens with one attached hydrogen (secondary N) is 1. The summed E-state index contributed by atoms with van der Waals surface area (Å²) in [6.45, 7) is 2.60. The van der Waals surface area contributed by atoms with Crippen LogP contribution in [0.1, 0.15) is 50.6 Å². The summed E-state index contributed by atoms with van der Waals surface area (Å²) in [5, 5.41) is 0. The van der Waals surface area contributed by atoms with Crippen LogP contribution in [-0.2, 0) is 4.74 Å². The monoisotopic (exact) mass is 280 g/mol. The van der Waals surface area contributed by atoms with Gasteiger partial charge in [0.15, 0.2) is 0 Å². The van der Waals surface area contributed by atoms with E-state index in [0.717, 1.165) is 12.8 Å². The zero-order valence-corrected chi connectivity index (χ0v) is 12.1. The van der Waals surface area contributed by atoms with Crippen molar-refractivity contribution in [1.82, 2.24) is 5.43 Å². The lowest BCUT2D eigenvalue weighted by atomic mass is 9.81. The van der Waals surface area contributed by atoms with Crippen LogP contribution in [0.2, 0.25) is 0 Å². The van der Waals surface area contributed by atoms with E-state index in [4.69, 9.17) is 10.6 Å². The molecule has 0 radical (unpaired) electrons. The fourth-order valence-corrected chi connectivity index (χ4v) is 3.25. The molecule has 1 aliphatic rings. The number of ether oxygens (including phenoxy) is 1. The van der Waals surface area contributed by atoms with Crippen molar-refractivity contribution in [2.75, 3.05) is 6.61 Å². The molecule has 0 amide bonds. The summed E-state index contributed by atoms with van der Waals surface area (Å²) in [4.78, 5) is 0. The number of hydrogen-bond donors (Lipinski definition) is 2. The molecule has 2 rings (SSSR count). The first-order valence-corrected chi connectivity index (χ1v) is 7.60. The molecule has 2 atom stereocenters. The fraction of sp³-hybridized carbons (Fsp3) is 0.625. The summed E-state index contributed by atoms with van der Waals surface area (Å²) >= 11 is 0. The molecule has 3 N–H and O–H groups in total. The normalized spacial score (nSPS) is 19.8. The predicted octanol–water partition coefficient (Wildman–Crippen LogP) is 3.32. The van der Waals surface area contributed by atoms with Crippen LogP contribution in [0, 0.1) is 11.7 Å². The molecular formula is C16H25FN2O. The lowest BCUT2D eigenvalue weighted by Crippen LogP contribution is -2.43. The molecule has 0 aliphatic heterocycles. The van der Waals surface area contributed by atoms with Crippen molar-refractivity contribution in [3.8, 4) is 0 Å². The van der Waals surface area contributed by atoms with Crippen LogP contribution >= 0.6 is 0 Å². The van der Waals surface area contributed by atoms with Gasteiger partial charge in [0.1, 0.15) is 5.82 Å². The minimum absolute atomic E-state index is 0.0674. The van der Waals surface area contributed by atoms with E-state index in [9.17, 15) is 4.39 Å². The van der Waals surface area contributed by atoms with Gasteiger partial charge in [0.25, 0.3) is 0 Å². The zero-order chi connectivity index (χ0) is 14.4. The largest absolute Gasteiger partial charge is 0.376 e. The Morgan fingerprint density at radius 1 is 1.30 bits per heavy atom. The van der Waals surface area contributed by atoms with Crippen molar-refractivity contribution in [3.63, 3.8) is 0 Å². The van der Waals surface area contributed by atoms with E-state index in [1.165, 1.54) is 25.3 Å². The van der Waals surface area contributed by atoms with Gasteiger partial charge in [-0.3, -0.25) is 11.3 Å². The average Bonchev–Trinajstić information content (AvgIpc) is 2.50. The van der Waals surface area contributed by atoms with Crippen LogP contribution in [0.5, 0.6) is 0 Å². The van der Waals surface area contributed by atoms with Gasteiger partial charge in [-0.15, -0.1) is 0 Å². The van der Waals surface area contributed by atoms with Crippen LogP contribution in [0.15, 0.2) is 24.3 Å². The topological polar surface area (TPSA) is 47.3 Å². The summed E-state index contributed by atoms with van der Waals surface area (Å²) in [6.07, 6.45) is 5.94. The second-order valence-corrected chi connectivity index (χ2v) is 5.48. The molecule has 1 aromatic carbocycles. The molecule has 4 heteroatoms. The standard InChI is InChI=1S/C16H25FN2O/c1-2-20-16(12-8-4-3-5-9-12)15(19-18)13-10-6-7-11-14(13)17/h6-7,10-12,15-16,19H,2-5,8-9,18H2,1H3. The zero-order valence-electron chi connectivity index (χ0n) is 12.1. The maximum atomic E-state index is 14.0. The molecule has 0 bridgehead atoms. The third kappa shape index (κ3) is 3.57. The van der Waals surface area contributed by atoms with Crippen molar-refractivity contribution in [1.29, 1.82) is 0 Å². The van der Waals surface area contributed by atoms with E-state index in [1.54, 1.807) is 12.1 Å². The van der Waals surface area contributed by atoms with Gasteiger partial charge in [0, 0.05) is 12.2 Å². The molecular weight excluding hydrogens is 255 g/mol. The molecule has 2 unspecified atom stereocenters. The molecule has 0 spiro atoms. The minimum Gasteiger partial charge on any atom is -0.376 e. The van der Waals surface area contributed by atoms with Crippen molar-refractivity contribution < 1.29 is 9.13 Å². The number of hydrogen-bond acceptors (Lipinski definition) is 3. The maximum absolute atomic E-state index is 14.0. The molecule has 0 saturated heterocycles. The molecule has 1 saturated carbocycles. The van der Waals surface area contributed by atoms with Crippen molar-refractivity contribution in [2.24, 2.45) is 11.8 Å². The fourth-order valence-electron chi connectivity index (χ4n) is 3.25. The number of halogens is 1. The highest BCUT2D eigenvalue weighted by atomic mass is 19.1. The smallest absolute Gasteiger partial charge is 0.128 e. The van der Waals surface area contributed by atoms with Gasteiger partial charge in [0.2, 0.25) is 0 Å². The minimum atomic E-state index is -0.292. The van der Waals surface area contributed by atoms with Gasteiger partial charge in [-0.05, 0) is 31.7 Å². The number of benzene rings is 1. The molecule has 0 heterocycles. The summed E-state index contributed by atoms with van der Waals surface area (Å²) in [7, 11) is 0. The molecule has 0 aromatic heterocycles. The van der Waals surface area contributed by atoms with Crippen molar-refractivity contribution in [3.05, 3.63) is 35.6 Å². The number of hydrazine groups is 1. The Hall–Kier alpha value is -0.970. The lowest BCUT2D eigenvalue weighted by Gasteiger charge is -2.35. The lowest BCUT2D eigenvalue weighted by molar-refractivity contribution is -0.0191. The van der Waals surface area contributed by atoms with E-state index in [2.05, 4.69) is 5.43 Å². The first-order chi connectivity index (χ1) is 9.77. The van der Waals surface area contributed by atoms with E-state index in [1.807, 2.05) is 13.0 Å². The Kier molecular flexibility index (Phi) is 5.95. The third-order valence-corrected chi connectivity index (χ3v) is 4.22. The number of nitrogens with two attached hydrogens (primary N) is 1. The summed E-state index contributed by atoms with van der Waals surface area (Å²) in [5.41, 5.74) is 3.37. The Balaban J connectivity index is 2.22. The Bertz CT molecular complexity index is 407. The average molecular weight is 280 g/mol. The second kappa shape index (κ2) is 7.72. The van der Waals surface area contributed by atoms with Gasteiger partial charge in [-0.25, -0.2) is 4.39 Å².